The molecule has 0 radical (unpaired) electrons. The van der Waals surface area contributed by atoms with Gasteiger partial charge >= 0.3 is 0 Å². The Morgan fingerprint density at radius 2 is 2.30 bits per heavy atom. The van der Waals surface area contributed by atoms with Crippen molar-refractivity contribution in [2.24, 2.45) is 5.92 Å². The number of methoxy groups -OCH3 is 1. The van der Waals surface area contributed by atoms with E-state index in [1.165, 1.54) is 29.8 Å². The minimum atomic E-state index is 0.689. The summed E-state index contributed by atoms with van der Waals surface area (Å²) in [4.78, 5) is 12.5. The number of rotatable bonds is 6. The molecule has 0 aliphatic carbocycles. The van der Waals surface area contributed by atoms with Crippen molar-refractivity contribution in [3.8, 4) is 5.75 Å². The average molecular weight is 332 g/mol. The highest BCUT2D eigenvalue weighted by molar-refractivity contribution is 7.15. The van der Waals surface area contributed by atoms with Gasteiger partial charge in [-0.3, -0.25) is 9.88 Å². The smallest absolute Gasteiger partial charge is 0.182 e. The predicted molar refractivity (Wildman–Crippen MR) is 94.2 cm³/mol. The lowest BCUT2D eigenvalue weighted by Gasteiger charge is -2.32. The van der Waals surface area contributed by atoms with Crippen LogP contribution in [0.1, 0.15) is 23.3 Å². The fourth-order valence-electron chi connectivity index (χ4n) is 3.20. The van der Waals surface area contributed by atoms with Crippen LogP contribution in [-0.4, -0.2) is 42.1 Å². The highest BCUT2D eigenvalue weighted by Crippen LogP contribution is 2.25. The molecule has 1 aliphatic rings. The summed E-state index contributed by atoms with van der Waals surface area (Å²) in [6, 6.07) is 2.11. The lowest BCUT2D eigenvalue weighted by molar-refractivity contribution is 0.168. The van der Waals surface area contributed by atoms with Crippen LogP contribution in [0.25, 0.3) is 0 Å². The van der Waals surface area contributed by atoms with Gasteiger partial charge in [0.05, 0.1) is 13.3 Å². The molecule has 2 aromatic rings. The molecule has 5 nitrogen and oxygen atoms in total. The summed E-state index contributed by atoms with van der Waals surface area (Å²) >= 11 is 1.75. The Morgan fingerprint density at radius 3 is 3.09 bits per heavy atom. The predicted octanol–water partition coefficient (Wildman–Crippen LogP) is 3.04. The lowest BCUT2D eigenvalue weighted by atomic mass is 9.92. The third-order valence-electron chi connectivity index (χ3n) is 4.28. The first-order valence-electron chi connectivity index (χ1n) is 8.09. The number of nitrogens with one attached hydrogen (secondary N) is 1. The van der Waals surface area contributed by atoms with Gasteiger partial charge in [0.25, 0.3) is 0 Å². The number of pyridine rings is 1. The summed E-state index contributed by atoms with van der Waals surface area (Å²) in [5.74, 6) is 1.54. The van der Waals surface area contributed by atoms with Crippen LogP contribution in [0.15, 0.2) is 24.7 Å². The molecule has 0 amide bonds. The molecule has 124 valence electrons. The Morgan fingerprint density at radius 1 is 1.39 bits per heavy atom. The van der Waals surface area contributed by atoms with E-state index >= 15 is 0 Å². The third kappa shape index (κ3) is 4.42. The van der Waals surface area contributed by atoms with E-state index in [1.54, 1.807) is 24.6 Å². The number of thiazole rings is 1. The van der Waals surface area contributed by atoms with Gasteiger partial charge in [0.15, 0.2) is 5.13 Å². The lowest BCUT2D eigenvalue weighted by Crippen LogP contribution is -2.35. The van der Waals surface area contributed by atoms with Crippen molar-refractivity contribution in [1.29, 1.82) is 0 Å². The molecule has 0 bridgehead atoms. The molecule has 1 N–H and O–H groups in total. The summed E-state index contributed by atoms with van der Waals surface area (Å²) in [5, 5.41) is 4.10. The molecular formula is C17H24N4OS. The van der Waals surface area contributed by atoms with Crippen molar-refractivity contribution in [2.75, 3.05) is 32.6 Å². The van der Waals surface area contributed by atoms with Crippen LogP contribution in [0.2, 0.25) is 0 Å². The zero-order chi connectivity index (χ0) is 16.1. The van der Waals surface area contributed by atoms with Crippen molar-refractivity contribution in [3.05, 3.63) is 35.1 Å². The maximum Gasteiger partial charge on any atom is 0.182 e. The molecule has 23 heavy (non-hydrogen) atoms. The van der Waals surface area contributed by atoms with E-state index in [-0.39, 0.29) is 0 Å². The molecule has 0 spiro atoms. The van der Waals surface area contributed by atoms with Crippen molar-refractivity contribution in [3.63, 3.8) is 0 Å². The summed E-state index contributed by atoms with van der Waals surface area (Å²) in [5.41, 5.74) is 1.27. The van der Waals surface area contributed by atoms with Crippen LogP contribution < -0.4 is 10.1 Å². The Balaban J connectivity index is 1.57. The Bertz CT molecular complexity index is 631. The number of nitrogens with zero attached hydrogens (tertiary/aromatic N) is 3. The molecule has 6 heteroatoms. The fraction of sp³-hybridized carbons (Fsp3) is 0.529. The van der Waals surface area contributed by atoms with Gasteiger partial charge in [0, 0.05) is 37.4 Å². The van der Waals surface area contributed by atoms with E-state index in [9.17, 15) is 0 Å². The van der Waals surface area contributed by atoms with E-state index in [1.807, 2.05) is 19.4 Å². The van der Waals surface area contributed by atoms with Gasteiger partial charge in [-0.2, -0.15) is 0 Å². The van der Waals surface area contributed by atoms with Crippen LogP contribution in [0.4, 0.5) is 5.13 Å². The Kier molecular flexibility index (Phi) is 5.46. The van der Waals surface area contributed by atoms with Gasteiger partial charge in [0.1, 0.15) is 5.75 Å². The van der Waals surface area contributed by atoms with Crippen LogP contribution in [-0.2, 0) is 13.0 Å². The fourth-order valence-corrected chi connectivity index (χ4v) is 4.01. The normalized spacial score (nSPS) is 18.8. The SMILES string of the molecule is CNc1ncc(CN2CCCC(Cc3cncc(OC)c3)C2)s1. The van der Waals surface area contributed by atoms with Gasteiger partial charge in [-0.25, -0.2) is 4.98 Å². The topological polar surface area (TPSA) is 50.3 Å². The number of hydrogen-bond acceptors (Lipinski definition) is 6. The number of piperidine rings is 1. The van der Waals surface area contributed by atoms with Crippen molar-refractivity contribution >= 4 is 16.5 Å². The van der Waals surface area contributed by atoms with Crippen molar-refractivity contribution < 1.29 is 4.74 Å². The molecule has 0 aromatic carbocycles. The third-order valence-corrected chi connectivity index (χ3v) is 5.28. The van der Waals surface area contributed by atoms with Crippen LogP contribution in [0.3, 0.4) is 0 Å². The standard InChI is InChI=1S/C17H24N4OS/c1-18-17-20-10-16(23-17)12-21-5-3-4-13(11-21)6-14-7-15(22-2)9-19-8-14/h7-10,13H,3-6,11-12H2,1-2H3,(H,18,20). The average Bonchev–Trinajstić information content (AvgIpc) is 3.03. The van der Waals surface area contributed by atoms with Gasteiger partial charge in [-0.05, 0) is 43.4 Å². The Labute approximate surface area is 141 Å². The first kappa shape index (κ1) is 16.2. The summed E-state index contributed by atoms with van der Waals surface area (Å²) < 4.78 is 5.27. The minimum absolute atomic E-state index is 0.689. The summed E-state index contributed by atoms with van der Waals surface area (Å²) in [6.07, 6.45) is 9.35. The second-order valence-electron chi connectivity index (χ2n) is 6.06. The van der Waals surface area contributed by atoms with Crippen LogP contribution >= 0.6 is 11.3 Å². The van der Waals surface area contributed by atoms with Crippen LogP contribution in [0.5, 0.6) is 5.75 Å². The monoisotopic (exact) mass is 332 g/mol. The number of aromatic nitrogens is 2. The molecule has 1 saturated heterocycles. The van der Waals surface area contributed by atoms with E-state index in [0.29, 0.717) is 5.92 Å². The molecule has 3 heterocycles. The molecular weight excluding hydrogens is 308 g/mol. The molecule has 2 aromatic heterocycles. The van der Waals surface area contributed by atoms with Crippen LogP contribution in [0, 0.1) is 5.92 Å². The first-order valence-corrected chi connectivity index (χ1v) is 8.91. The number of anilines is 1. The summed E-state index contributed by atoms with van der Waals surface area (Å²) in [7, 11) is 3.61. The largest absolute Gasteiger partial charge is 0.495 e. The van der Waals surface area contributed by atoms with E-state index in [0.717, 1.165) is 30.4 Å². The van der Waals surface area contributed by atoms with E-state index in [2.05, 4.69) is 26.3 Å². The Hall–Kier alpha value is -1.66. The second-order valence-corrected chi connectivity index (χ2v) is 7.18. The number of likely N-dealkylation sites (tertiary alicyclic amines) is 1. The van der Waals surface area contributed by atoms with Crippen molar-refractivity contribution in [1.82, 2.24) is 14.9 Å². The maximum absolute atomic E-state index is 5.27. The highest BCUT2D eigenvalue weighted by Gasteiger charge is 2.21. The maximum atomic E-state index is 5.27. The zero-order valence-electron chi connectivity index (χ0n) is 13.8. The molecule has 3 rings (SSSR count). The zero-order valence-corrected chi connectivity index (χ0v) is 14.6. The molecule has 1 atom stereocenters. The molecule has 0 saturated carbocycles. The number of ether oxygens (including phenoxy) is 1. The second kappa shape index (κ2) is 7.75. The molecule has 1 fully saturated rings. The van der Waals surface area contributed by atoms with E-state index in [4.69, 9.17) is 4.74 Å². The van der Waals surface area contributed by atoms with Crippen molar-refractivity contribution in [2.45, 2.75) is 25.8 Å². The van der Waals surface area contributed by atoms with Gasteiger partial charge < -0.3 is 10.1 Å². The quantitative estimate of drug-likeness (QED) is 0.881. The summed E-state index contributed by atoms with van der Waals surface area (Å²) in [6.45, 7) is 3.33. The molecule has 1 aliphatic heterocycles. The highest BCUT2D eigenvalue weighted by atomic mass is 32.1. The van der Waals surface area contributed by atoms with Gasteiger partial charge in [0.2, 0.25) is 0 Å². The number of hydrogen-bond donors (Lipinski definition) is 1. The van der Waals surface area contributed by atoms with Gasteiger partial charge in [-0.15, -0.1) is 11.3 Å². The first-order chi connectivity index (χ1) is 11.3. The van der Waals surface area contributed by atoms with E-state index < -0.39 is 0 Å². The van der Waals surface area contributed by atoms with Gasteiger partial charge in [-0.1, -0.05) is 0 Å². The molecule has 1 unspecified atom stereocenters. The minimum Gasteiger partial charge on any atom is -0.495 e.